The van der Waals surface area contributed by atoms with Crippen molar-refractivity contribution in [1.82, 2.24) is 9.97 Å². The fraction of sp³-hybridized carbons (Fsp3) is 0.444. The molecule has 0 atom stereocenters. The summed E-state index contributed by atoms with van der Waals surface area (Å²) in [5.74, 6) is 1.76. The molecule has 0 aliphatic rings. The van der Waals surface area contributed by atoms with E-state index in [1.54, 1.807) is 0 Å². The molecular weight excluding hydrogens is 258 g/mol. The topological polar surface area (TPSA) is 37.8 Å². The van der Waals surface area contributed by atoms with Gasteiger partial charge in [-0.05, 0) is 45.2 Å². The van der Waals surface area contributed by atoms with E-state index in [9.17, 15) is 0 Å². The van der Waals surface area contributed by atoms with Gasteiger partial charge in [0.05, 0.1) is 0 Å². The second-order valence-electron chi connectivity index (χ2n) is 5.62. The third-order valence-electron chi connectivity index (χ3n) is 3.54. The van der Waals surface area contributed by atoms with Crippen molar-refractivity contribution in [2.45, 2.75) is 47.5 Å². The lowest BCUT2D eigenvalue weighted by Gasteiger charge is -2.13. The summed E-state index contributed by atoms with van der Waals surface area (Å²) in [4.78, 5) is 9.48. The number of nitrogens with zero attached hydrogens (tertiary/aromatic N) is 2. The molecule has 0 saturated heterocycles. The van der Waals surface area contributed by atoms with Gasteiger partial charge in [0.15, 0.2) is 5.82 Å². The van der Waals surface area contributed by atoms with Gasteiger partial charge in [0.1, 0.15) is 5.82 Å². The van der Waals surface area contributed by atoms with Crippen LogP contribution in [0, 0.1) is 20.8 Å². The van der Waals surface area contributed by atoms with Crippen molar-refractivity contribution in [1.29, 1.82) is 0 Å². The molecule has 2 rings (SSSR count). The highest BCUT2D eigenvalue weighted by Gasteiger charge is 2.12. The first-order chi connectivity index (χ1) is 10.0. The zero-order valence-corrected chi connectivity index (χ0v) is 13.7. The average molecular weight is 283 g/mol. The third-order valence-corrected chi connectivity index (χ3v) is 3.54. The lowest BCUT2D eigenvalue weighted by Crippen LogP contribution is -2.05. The number of nitrogens with one attached hydrogen (secondary N) is 1. The predicted octanol–water partition coefficient (Wildman–Crippen LogP) is 4.45. The van der Waals surface area contributed by atoms with Gasteiger partial charge in [-0.25, -0.2) is 9.97 Å². The largest absolute Gasteiger partial charge is 0.370 e. The second kappa shape index (κ2) is 6.70. The Balaban J connectivity index is 2.57. The minimum Gasteiger partial charge on any atom is -0.370 e. The molecule has 1 aromatic carbocycles. The number of benzene rings is 1. The first-order valence-corrected chi connectivity index (χ1v) is 7.75. The summed E-state index contributed by atoms with van der Waals surface area (Å²) in [6.45, 7) is 11.5. The van der Waals surface area contributed by atoms with E-state index in [1.807, 2.05) is 0 Å². The van der Waals surface area contributed by atoms with Gasteiger partial charge >= 0.3 is 0 Å². The van der Waals surface area contributed by atoms with E-state index in [0.717, 1.165) is 42.3 Å². The SMILES string of the molecule is CCCc1cc(NCC)nc(-c2c(C)cc(C)cc2C)n1. The molecule has 0 radical (unpaired) electrons. The van der Waals surface area contributed by atoms with Gasteiger partial charge in [-0.15, -0.1) is 0 Å². The summed E-state index contributed by atoms with van der Waals surface area (Å²) in [6, 6.07) is 6.46. The van der Waals surface area contributed by atoms with Crippen LogP contribution in [-0.4, -0.2) is 16.5 Å². The van der Waals surface area contributed by atoms with Crippen molar-refractivity contribution in [2.75, 3.05) is 11.9 Å². The van der Waals surface area contributed by atoms with Crippen LogP contribution in [0.1, 0.15) is 42.7 Å². The maximum Gasteiger partial charge on any atom is 0.162 e. The standard InChI is InChI=1S/C18H25N3/c1-6-8-15-11-16(19-7-2)21-18(20-15)17-13(4)9-12(3)10-14(17)5/h9-11H,6-8H2,1-5H3,(H,19,20,21). The Morgan fingerprint density at radius 2 is 1.62 bits per heavy atom. The minimum atomic E-state index is 0.840. The molecule has 2 aromatic rings. The summed E-state index contributed by atoms with van der Waals surface area (Å²) < 4.78 is 0. The summed E-state index contributed by atoms with van der Waals surface area (Å²) in [5, 5.41) is 3.32. The van der Waals surface area contributed by atoms with Gasteiger partial charge in [-0.2, -0.15) is 0 Å². The summed E-state index contributed by atoms with van der Waals surface area (Å²) in [6.07, 6.45) is 2.08. The van der Waals surface area contributed by atoms with Gasteiger partial charge in [0, 0.05) is 23.9 Å². The second-order valence-corrected chi connectivity index (χ2v) is 5.62. The van der Waals surface area contributed by atoms with Crippen LogP contribution in [-0.2, 0) is 6.42 Å². The van der Waals surface area contributed by atoms with Gasteiger partial charge in [-0.1, -0.05) is 31.0 Å². The summed E-state index contributed by atoms with van der Waals surface area (Å²) in [5.41, 5.74) is 6.04. The molecule has 0 saturated carbocycles. The molecule has 1 N–H and O–H groups in total. The Labute approximate surface area is 127 Å². The van der Waals surface area contributed by atoms with Crippen LogP contribution in [0.2, 0.25) is 0 Å². The minimum absolute atomic E-state index is 0.840. The molecular formula is C18H25N3. The molecule has 3 nitrogen and oxygen atoms in total. The first-order valence-electron chi connectivity index (χ1n) is 7.75. The van der Waals surface area contributed by atoms with Crippen molar-refractivity contribution in [3.63, 3.8) is 0 Å². The average Bonchev–Trinajstić information content (AvgIpc) is 2.38. The quantitative estimate of drug-likeness (QED) is 0.880. The molecule has 0 spiro atoms. The van der Waals surface area contributed by atoms with Crippen LogP contribution in [0.4, 0.5) is 5.82 Å². The van der Waals surface area contributed by atoms with E-state index in [-0.39, 0.29) is 0 Å². The monoisotopic (exact) mass is 283 g/mol. The lowest BCUT2D eigenvalue weighted by atomic mass is 9.99. The fourth-order valence-corrected chi connectivity index (χ4v) is 2.80. The van der Waals surface area contributed by atoms with Crippen LogP contribution in [0.25, 0.3) is 11.4 Å². The third kappa shape index (κ3) is 3.60. The van der Waals surface area contributed by atoms with Gasteiger partial charge < -0.3 is 5.32 Å². The molecule has 0 unspecified atom stereocenters. The smallest absolute Gasteiger partial charge is 0.162 e. The predicted molar refractivity (Wildman–Crippen MR) is 89.8 cm³/mol. The van der Waals surface area contributed by atoms with Crippen LogP contribution in [0.15, 0.2) is 18.2 Å². The number of hydrogen-bond donors (Lipinski definition) is 1. The molecule has 21 heavy (non-hydrogen) atoms. The fourth-order valence-electron chi connectivity index (χ4n) is 2.80. The Morgan fingerprint density at radius 1 is 0.952 bits per heavy atom. The van der Waals surface area contributed by atoms with E-state index in [1.165, 1.54) is 16.7 Å². The lowest BCUT2D eigenvalue weighted by molar-refractivity contribution is 0.874. The van der Waals surface area contributed by atoms with Gasteiger partial charge in [-0.3, -0.25) is 0 Å². The maximum absolute atomic E-state index is 4.78. The highest BCUT2D eigenvalue weighted by atomic mass is 15.0. The van der Waals surface area contributed by atoms with E-state index in [4.69, 9.17) is 9.97 Å². The zero-order valence-electron chi connectivity index (χ0n) is 13.7. The molecule has 0 bridgehead atoms. The number of aryl methyl sites for hydroxylation is 4. The molecule has 3 heteroatoms. The van der Waals surface area contributed by atoms with Crippen molar-refractivity contribution in [3.8, 4) is 11.4 Å². The molecule has 0 amide bonds. The number of rotatable bonds is 5. The van der Waals surface area contributed by atoms with Crippen LogP contribution >= 0.6 is 0 Å². The van der Waals surface area contributed by atoms with Gasteiger partial charge in [0.2, 0.25) is 0 Å². The highest BCUT2D eigenvalue weighted by Crippen LogP contribution is 2.27. The Bertz CT molecular complexity index is 585. The summed E-state index contributed by atoms with van der Waals surface area (Å²) in [7, 11) is 0. The zero-order chi connectivity index (χ0) is 15.4. The molecule has 0 fully saturated rings. The normalized spacial score (nSPS) is 10.7. The van der Waals surface area contributed by atoms with E-state index >= 15 is 0 Å². The van der Waals surface area contributed by atoms with Crippen molar-refractivity contribution in [2.24, 2.45) is 0 Å². The van der Waals surface area contributed by atoms with E-state index < -0.39 is 0 Å². The van der Waals surface area contributed by atoms with Crippen LogP contribution < -0.4 is 5.32 Å². The Hall–Kier alpha value is -1.90. The number of aromatic nitrogens is 2. The van der Waals surface area contributed by atoms with Gasteiger partial charge in [0.25, 0.3) is 0 Å². The molecule has 0 aliphatic heterocycles. The highest BCUT2D eigenvalue weighted by molar-refractivity contribution is 5.66. The van der Waals surface area contributed by atoms with Crippen molar-refractivity contribution < 1.29 is 0 Å². The van der Waals surface area contributed by atoms with Crippen molar-refractivity contribution in [3.05, 3.63) is 40.6 Å². The molecule has 112 valence electrons. The Kier molecular flexibility index (Phi) is 4.94. The van der Waals surface area contributed by atoms with E-state index in [0.29, 0.717) is 0 Å². The van der Waals surface area contributed by atoms with Crippen LogP contribution in [0.5, 0.6) is 0 Å². The molecule has 0 aliphatic carbocycles. The summed E-state index contributed by atoms with van der Waals surface area (Å²) >= 11 is 0. The Morgan fingerprint density at radius 3 is 2.19 bits per heavy atom. The maximum atomic E-state index is 4.78. The van der Waals surface area contributed by atoms with Crippen LogP contribution in [0.3, 0.4) is 0 Å². The number of anilines is 1. The first kappa shape index (κ1) is 15.5. The van der Waals surface area contributed by atoms with E-state index in [2.05, 4.69) is 58.1 Å². The van der Waals surface area contributed by atoms with Crippen molar-refractivity contribution >= 4 is 5.82 Å². The molecule has 1 heterocycles. The molecule has 1 aromatic heterocycles. The number of hydrogen-bond acceptors (Lipinski definition) is 3.